The van der Waals surface area contributed by atoms with Crippen LogP contribution in [0.5, 0.6) is 0 Å². The number of halogens is 1. The average Bonchev–Trinajstić information content (AvgIpc) is 2.62. The highest BCUT2D eigenvalue weighted by Gasteiger charge is 2.08. The second-order valence-electron chi connectivity index (χ2n) is 3.50. The third-order valence-corrected chi connectivity index (χ3v) is 2.71. The van der Waals surface area contributed by atoms with Gasteiger partial charge < -0.3 is 10.3 Å². The molecule has 0 spiro atoms. The van der Waals surface area contributed by atoms with Gasteiger partial charge in [-0.05, 0) is 30.9 Å². The lowest BCUT2D eigenvalue weighted by molar-refractivity contribution is 0.460. The van der Waals surface area contributed by atoms with Crippen LogP contribution in [-0.2, 0) is 6.42 Å². The Balaban J connectivity index is 2.29. The van der Waals surface area contributed by atoms with Crippen molar-refractivity contribution in [2.24, 2.45) is 0 Å². The summed E-state index contributed by atoms with van der Waals surface area (Å²) in [5.41, 5.74) is 7.70. The zero-order valence-corrected chi connectivity index (χ0v) is 9.13. The molecule has 0 aliphatic rings. The highest BCUT2D eigenvalue weighted by atomic mass is 35.5. The number of rotatable bonds is 4. The summed E-state index contributed by atoms with van der Waals surface area (Å²) >= 11 is 5.64. The van der Waals surface area contributed by atoms with E-state index >= 15 is 0 Å². The molecule has 0 unspecified atom stereocenters. The lowest BCUT2D eigenvalue weighted by Crippen LogP contribution is -1.91. The number of hydrogen-bond acceptors (Lipinski definition) is 3. The Morgan fingerprint density at radius 1 is 1.33 bits per heavy atom. The van der Waals surface area contributed by atoms with Crippen LogP contribution in [0.2, 0.25) is 0 Å². The summed E-state index contributed by atoms with van der Waals surface area (Å²) in [5.74, 6) is 1.18. The number of aromatic nitrogens is 1. The third kappa shape index (κ3) is 2.07. The predicted molar refractivity (Wildman–Crippen MR) is 62.1 cm³/mol. The lowest BCUT2D eigenvalue weighted by atomic mass is 10.0. The van der Waals surface area contributed by atoms with Crippen molar-refractivity contribution in [2.75, 3.05) is 11.6 Å². The van der Waals surface area contributed by atoms with Crippen molar-refractivity contribution < 1.29 is 4.52 Å². The standard InChI is InChI=1S/C11H13ClN2O/c12-7-2-1-4-8-5-3-6-9-10(8)11(13)14-15-9/h3,5-6H,1-2,4,7H2,(H2,13,14). The van der Waals surface area contributed by atoms with E-state index in [0.29, 0.717) is 11.7 Å². The first-order valence-electron chi connectivity index (χ1n) is 5.01. The van der Waals surface area contributed by atoms with E-state index in [9.17, 15) is 0 Å². The van der Waals surface area contributed by atoms with Gasteiger partial charge in [-0.25, -0.2) is 0 Å². The molecule has 1 aromatic heterocycles. The molecule has 80 valence electrons. The molecular weight excluding hydrogens is 212 g/mol. The summed E-state index contributed by atoms with van der Waals surface area (Å²) in [5, 5.41) is 4.71. The van der Waals surface area contributed by atoms with E-state index in [2.05, 4.69) is 11.2 Å². The van der Waals surface area contributed by atoms with Gasteiger partial charge in [-0.15, -0.1) is 11.6 Å². The molecule has 15 heavy (non-hydrogen) atoms. The molecule has 0 radical (unpaired) electrons. The molecule has 0 aliphatic heterocycles. The molecule has 2 rings (SSSR count). The Kier molecular flexibility index (Phi) is 3.11. The van der Waals surface area contributed by atoms with Gasteiger partial charge in [-0.1, -0.05) is 17.3 Å². The molecule has 0 saturated carbocycles. The molecule has 0 atom stereocenters. The average molecular weight is 225 g/mol. The van der Waals surface area contributed by atoms with Gasteiger partial charge in [-0.3, -0.25) is 0 Å². The van der Waals surface area contributed by atoms with Crippen LogP contribution in [0, 0.1) is 0 Å². The molecular formula is C11H13ClN2O. The number of benzene rings is 1. The summed E-state index contributed by atoms with van der Waals surface area (Å²) in [6.07, 6.45) is 3.05. The smallest absolute Gasteiger partial charge is 0.175 e. The Morgan fingerprint density at radius 2 is 2.20 bits per heavy atom. The van der Waals surface area contributed by atoms with Gasteiger partial charge in [0, 0.05) is 5.88 Å². The van der Waals surface area contributed by atoms with E-state index in [1.165, 1.54) is 5.56 Å². The first kappa shape index (κ1) is 10.3. The number of alkyl halides is 1. The van der Waals surface area contributed by atoms with Crippen molar-refractivity contribution in [3.63, 3.8) is 0 Å². The molecule has 0 saturated heterocycles. The number of hydrogen-bond donors (Lipinski definition) is 1. The second kappa shape index (κ2) is 4.53. The molecule has 0 aliphatic carbocycles. The minimum absolute atomic E-state index is 0.478. The van der Waals surface area contributed by atoms with E-state index in [1.54, 1.807) is 0 Å². The zero-order valence-electron chi connectivity index (χ0n) is 8.37. The van der Waals surface area contributed by atoms with Gasteiger partial charge >= 0.3 is 0 Å². The fourth-order valence-corrected chi connectivity index (χ4v) is 1.89. The summed E-state index contributed by atoms with van der Waals surface area (Å²) in [6.45, 7) is 0. The van der Waals surface area contributed by atoms with Crippen molar-refractivity contribution in [1.82, 2.24) is 5.16 Å². The monoisotopic (exact) mass is 224 g/mol. The number of anilines is 1. The number of fused-ring (bicyclic) bond motifs is 1. The Hall–Kier alpha value is -1.22. The maximum Gasteiger partial charge on any atom is 0.175 e. The van der Waals surface area contributed by atoms with Crippen LogP contribution in [0.25, 0.3) is 11.0 Å². The van der Waals surface area contributed by atoms with E-state index in [-0.39, 0.29) is 0 Å². The van der Waals surface area contributed by atoms with Gasteiger partial charge in [0.05, 0.1) is 5.39 Å². The number of nitrogens with two attached hydrogens (primary N) is 1. The van der Waals surface area contributed by atoms with Gasteiger partial charge in [0.1, 0.15) is 0 Å². The van der Waals surface area contributed by atoms with E-state index < -0.39 is 0 Å². The fraction of sp³-hybridized carbons (Fsp3) is 0.364. The highest BCUT2D eigenvalue weighted by molar-refractivity contribution is 6.17. The third-order valence-electron chi connectivity index (χ3n) is 2.44. The summed E-state index contributed by atoms with van der Waals surface area (Å²) < 4.78 is 5.09. The summed E-state index contributed by atoms with van der Waals surface area (Å²) in [4.78, 5) is 0. The normalized spacial score (nSPS) is 11.0. The van der Waals surface area contributed by atoms with E-state index in [4.69, 9.17) is 21.9 Å². The molecule has 4 heteroatoms. The number of nitrogens with zero attached hydrogens (tertiary/aromatic N) is 1. The van der Waals surface area contributed by atoms with Crippen LogP contribution in [0.15, 0.2) is 22.7 Å². The molecule has 1 heterocycles. The lowest BCUT2D eigenvalue weighted by Gasteiger charge is -2.01. The van der Waals surface area contributed by atoms with E-state index in [1.807, 2.05) is 12.1 Å². The number of unbranched alkanes of at least 4 members (excludes halogenated alkanes) is 1. The SMILES string of the molecule is Nc1noc2cccc(CCCCCl)c12. The van der Waals surface area contributed by atoms with Crippen LogP contribution < -0.4 is 5.73 Å². The minimum Gasteiger partial charge on any atom is -0.380 e. The Labute approximate surface area is 93.2 Å². The quantitative estimate of drug-likeness (QED) is 0.642. The van der Waals surface area contributed by atoms with Crippen molar-refractivity contribution >= 4 is 28.4 Å². The maximum atomic E-state index is 5.75. The number of aryl methyl sites for hydroxylation is 1. The van der Waals surface area contributed by atoms with Crippen molar-refractivity contribution in [1.29, 1.82) is 0 Å². The van der Waals surface area contributed by atoms with Crippen LogP contribution in [0.4, 0.5) is 5.82 Å². The zero-order chi connectivity index (χ0) is 10.7. The largest absolute Gasteiger partial charge is 0.380 e. The topological polar surface area (TPSA) is 52.0 Å². The highest BCUT2D eigenvalue weighted by Crippen LogP contribution is 2.25. The van der Waals surface area contributed by atoms with Gasteiger partial charge in [0.15, 0.2) is 11.4 Å². The Morgan fingerprint density at radius 3 is 3.00 bits per heavy atom. The molecule has 0 fully saturated rings. The second-order valence-corrected chi connectivity index (χ2v) is 3.88. The molecule has 1 aromatic carbocycles. The minimum atomic E-state index is 0.478. The van der Waals surface area contributed by atoms with Gasteiger partial charge in [0.2, 0.25) is 0 Å². The van der Waals surface area contributed by atoms with Crippen LogP contribution >= 0.6 is 11.6 Å². The van der Waals surface area contributed by atoms with Crippen molar-refractivity contribution in [2.45, 2.75) is 19.3 Å². The van der Waals surface area contributed by atoms with Gasteiger partial charge in [0.25, 0.3) is 0 Å². The van der Waals surface area contributed by atoms with E-state index in [0.717, 1.165) is 30.2 Å². The molecule has 0 amide bonds. The fourth-order valence-electron chi connectivity index (χ4n) is 1.71. The number of nitrogen functional groups attached to an aromatic ring is 1. The van der Waals surface area contributed by atoms with Crippen molar-refractivity contribution in [3.05, 3.63) is 23.8 Å². The molecule has 3 nitrogen and oxygen atoms in total. The van der Waals surface area contributed by atoms with Crippen LogP contribution in [0.1, 0.15) is 18.4 Å². The molecule has 2 N–H and O–H groups in total. The van der Waals surface area contributed by atoms with Crippen LogP contribution in [-0.4, -0.2) is 11.0 Å². The van der Waals surface area contributed by atoms with Crippen molar-refractivity contribution in [3.8, 4) is 0 Å². The molecule has 2 aromatic rings. The van der Waals surface area contributed by atoms with Gasteiger partial charge in [-0.2, -0.15) is 0 Å². The maximum absolute atomic E-state index is 5.75. The first-order chi connectivity index (χ1) is 7.33. The molecule has 0 bridgehead atoms. The Bertz CT molecular complexity index is 453. The predicted octanol–water partition coefficient (Wildman–Crippen LogP) is 2.97. The summed E-state index contributed by atoms with van der Waals surface area (Å²) in [7, 11) is 0. The summed E-state index contributed by atoms with van der Waals surface area (Å²) in [6, 6.07) is 5.90. The van der Waals surface area contributed by atoms with Crippen LogP contribution in [0.3, 0.4) is 0 Å². The first-order valence-corrected chi connectivity index (χ1v) is 5.55.